The molecule has 0 aliphatic carbocycles. The van der Waals surface area contributed by atoms with Gasteiger partial charge in [-0.25, -0.2) is 0 Å². The smallest absolute Gasteiger partial charge is 0.455 e. The van der Waals surface area contributed by atoms with Crippen molar-refractivity contribution in [1.82, 2.24) is 0 Å². The van der Waals surface area contributed by atoms with E-state index in [4.69, 9.17) is 13.7 Å². The van der Waals surface area contributed by atoms with E-state index in [0.29, 0.717) is 0 Å². The first-order valence-electron chi connectivity index (χ1n) is 11.8. The molecule has 0 saturated carbocycles. The molecular formula is C30H27BO3. The standard InChI is InChI=1S/C30H27BO3/c1-29(2)30(3,4)34-31(33-29)25-19-24-26(20-13-7-5-8-14-20)27(21-15-9-6-10-16-21)32-28(24)23-18-12-11-17-22(23)25/h5-19H,1-4H3. The molecule has 3 nitrogen and oxygen atoms in total. The van der Waals surface area contributed by atoms with Gasteiger partial charge in [-0.1, -0.05) is 91.0 Å². The molecular weight excluding hydrogens is 419 g/mol. The highest BCUT2D eigenvalue weighted by Gasteiger charge is 2.52. The van der Waals surface area contributed by atoms with Gasteiger partial charge in [0, 0.05) is 21.9 Å². The Bertz CT molecular complexity index is 1480. The van der Waals surface area contributed by atoms with Crippen molar-refractivity contribution in [3.63, 3.8) is 0 Å². The number of benzene rings is 4. The maximum Gasteiger partial charge on any atom is 0.495 e. The van der Waals surface area contributed by atoms with E-state index in [1.54, 1.807) is 0 Å². The maximum atomic E-state index is 6.67. The van der Waals surface area contributed by atoms with Gasteiger partial charge in [0.25, 0.3) is 0 Å². The molecule has 1 saturated heterocycles. The molecule has 2 heterocycles. The molecule has 4 aromatic carbocycles. The van der Waals surface area contributed by atoms with Crippen LogP contribution < -0.4 is 5.46 Å². The van der Waals surface area contributed by atoms with Crippen LogP contribution in [0.2, 0.25) is 0 Å². The normalized spacial score (nSPS) is 17.0. The zero-order valence-electron chi connectivity index (χ0n) is 20.0. The van der Waals surface area contributed by atoms with Crippen LogP contribution in [-0.4, -0.2) is 18.3 Å². The van der Waals surface area contributed by atoms with Crippen LogP contribution in [0.4, 0.5) is 0 Å². The van der Waals surface area contributed by atoms with Crippen LogP contribution in [0, 0.1) is 0 Å². The predicted molar refractivity (Wildman–Crippen MR) is 140 cm³/mol. The highest BCUT2D eigenvalue weighted by atomic mass is 16.7. The van der Waals surface area contributed by atoms with E-state index in [0.717, 1.165) is 49.7 Å². The first kappa shape index (κ1) is 21.2. The van der Waals surface area contributed by atoms with Gasteiger partial charge in [0.2, 0.25) is 0 Å². The fraction of sp³-hybridized carbons (Fsp3) is 0.200. The van der Waals surface area contributed by atoms with E-state index in [2.05, 4.69) is 94.4 Å². The molecule has 0 bridgehead atoms. The molecule has 1 aromatic heterocycles. The lowest BCUT2D eigenvalue weighted by atomic mass is 9.75. The number of rotatable bonds is 3. The Labute approximate surface area is 200 Å². The van der Waals surface area contributed by atoms with Gasteiger partial charge in [-0.3, -0.25) is 0 Å². The van der Waals surface area contributed by atoms with Crippen LogP contribution >= 0.6 is 0 Å². The lowest BCUT2D eigenvalue weighted by molar-refractivity contribution is 0.00578. The van der Waals surface area contributed by atoms with Gasteiger partial charge in [0.05, 0.1) is 11.2 Å². The van der Waals surface area contributed by atoms with Crippen LogP contribution in [-0.2, 0) is 9.31 Å². The summed E-state index contributed by atoms with van der Waals surface area (Å²) >= 11 is 0. The van der Waals surface area contributed by atoms with Gasteiger partial charge in [-0.05, 0) is 44.1 Å². The van der Waals surface area contributed by atoms with Gasteiger partial charge in [-0.2, -0.15) is 0 Å². The predicted octanol–water partition coefficient (Wildman–Crippen LogP) is 7.22. The first-order valence-corrected chi connectivity index (χ1v) is 11.8. The summed E-state index contributed by atoms with van der Waals surface area (Å²) in [5.74, 6) is 0.873. The topological polar surface area (TPSA) is 31.6 Å². The Kier molecular flexibility index (Phi) is 4.74. The summed E-state index contributed by atoms with van der Waals surface area (Å²) in [6, 6.07) is 31.3. The van der Waals surface area contributed by atoms with Crippen LogP contribution in [0.15, 0.2) is 95.4 Å². The summed E-state index contributed by atoms with van der Waals surface area (Å²) in [5, 5.41) is 3.21. The third kappa shape index (κ3) is 3.21. The molecule has 0 unspecified atom stereocenters. The Morgan fingerprint density at radius 1 is 0.588 bits per heavy atom. The van der Waals surface area contributed by atoms with E-state index < -0.39 is 18.3 Å². The Balaban J connectivity index is 1.69. The lowest BCUT2D eigenvalue weighted by Crippen LogP contribution is -2.41. The summed E-state index contributed by atoms with van der Waals surface area (Å²) in [7, 11) is -0.460. The van der Waals surface area contributed by atoms with Crippen molar-refractivity contribution in [3.8, 4) is 22.5 Å². The number of hydrogen-bond acceptors (Lipinski definition) is 3. The fourth-order valence-corrected chi connectivity index (χ4v) is 4.80. The molecule has 1 fully saturated rings. The quantitative estimate of drug-likeness (QED) is 0.274. The highest BCUT2D eigenvalue weighted by Crippen LogP contribution is 2.44. The lowest BCUT2D eigenvalue weighted by Gasteiger charge is -2.32. The van der Waals surface area contributed by atoms with Crippen LogP contribution in [0.5, 0.6) is 0 Å². The summed E-state index contributed by atoms with van der Waals surface area (Å²) in [4.78, 5) is 0. The molecule has 4 heteroatoms. The summed E-state index contributed by atoms with van der Waals surface area (Å²) in [5.41, 5.74) is 4.34. The number of fused-ring (bicyclic) bond motifs is 3. The summed E-state index contributed by atoms with van der Waals surface area (Å²) in [6.45, 7) is 8.37. The Morgan fingerprint density at radius 3 is 1.74 bits per heavy atom. The SMILES string of the molecule is CC1(C)OB(c2cc3c(-c4ccccc4)c(-c4ccccc4)oc3c3ccccc23)OC1(C)C. The number of furan rings is 1. The molecule has 1 aliphatic heterocycles. The zero-order chi connectivity index (χ0) is 23.5. The van der Waals surface area contributed by atoms with E-state index in [9.17, 15) is 0 Å². The van der Waals surface area contributed by atoms with E-state index in [1.807, 2.05) is 24.3 Å². The molecule has 0 spiro atoms. The minimum atomic E-state index is -0.460. The zero-order valence-corrected chi connectivity index (χ0v) is 20.0. The minimum absolute atomic E-state index is 0.415. The van der Waals surface area contributed by atoms with E-state index in [-0.39, 0.29) is 0 Å². The minimum Gasteiger partial charge on any atom is -0.455 e. The highest BCUT2D eigenvalue weighted by molar-refractivity contribution is 6.65. The second-order valence-electron chi connectivity index (χ2n) is 10.0. The molecule has 0 N–H and O–H groups in total. The van der Waals surface area contributed by atoms with E-state index >= 15 is 0 Å². The Hall–Kier alpha value is -3.34. The second kappa shape index (κ2) is 7.59. The van der Waals surface area contributed by atoms with Gasteiger partial charge >= 0.3 is 7.12 Å². The molecule has 168 valence electrons. The Morgan fingerprint density at radius 2 is 1.12 bits per heavy atom. The van der Waals surface area contributed by atoms with Crippen molar-refractivity contribution in [2.45, 2.75) is 38.9 Å². The van der Waals surface area contributed by atoms with Crippen molar-refractivity contribution in [1.29, 1.82) is 0 Å². The third-order valence-corrected chi connectivity index (χ3v) is 7.33. The third-order valence-electron chi connectivity index (χ3n) is 7.33. The molecule has 34 heavy (non-hydrogen) atoms. The number of hydrogen-bond donors (Lipinski definition) is 0. The second-order valence-corrected chi connectivity index (χ2v) is 10.0. The average molecular weight is 446 g/mol. The van der Waals surface area contributed by atoms with Gasteiger partial charge in [0.1, 0.15) is 11.3 Å². The van der Waals surface area contributed by atoms with Crippen LogP contribution in [0.1, 0.15) is 27.7 Å². The first-order chi connectivity index (χ1) is 16.4. The monoisotopic (exact) mass is 446 g/mol. The largest absolute Gasteiger partial charge is 0.495 e. The van der Waals surface area contributed by atoms with Crippen LogP contribution in [0.25, 0.3) is 44.2 Å². The van der Waals surface area contributed by atoms with Crippen LogP contribution in [0.3, 0.4) is 0 Å². The maximum absolute atomic E-state index is 6.67. The van der Waals surface area contributed by atoms with Crippen molar-refractivity contribution in [2.24, 2.45) is 0 Å². The molecule has 0 atom stereocenters. The molecule has 6 rings (SSSR count). The van der Waals surface area contributed by atoms with Gasteiger partial charge in [0.15, 0.2) is 0 Å². The van der Waals surface area contributed by atoms with Crippen molar-refractivity contribution in [2.75, 3.05) is 0 Å². The molecule has 1 aliphatic rings. The van der Waals surface area contributed by atoms with Gasteiger partial charge < -0.3 is 13.7 Å². The summed E-state index contributed by atoms with van der Waals surface area (Å²) < 4.78 is 19.7. The molecule has 0 amide bonds. The van der Waals surface area contributed by atoms with Crippen molar-refractivity contribution < 1.29 is 13.7 Å². The molecule has 5 aromatic rings. The van der Waals surface area contributed by atoms with Crippen molar-refractivity contribution >= 4 is 34.3 Å². The van der Waals surface area contributed by atoms with Gasteiger partial charge in [-0.15, -0.1) is 0 Å². The average Bonchev–Trinajstić information content (AvgIpc) is 3.33. The summed E-state index contributed by atoms with van der Waals surface area (Å²) in [6.07, 6.45) is 0. The molecule has 0 radical (unpaired) electrons. The fourth-order valence-electron chi connectivity index (χ4n) is 4.80. The van der Waals surface area contributed by atoms with E-state index in [1.165, 1.54) is 0 Å². The van der Waals surface area contributed by atoms with Crippen molar-refractivity contribution in [3.05, 3.63) is 91.0 Å².